The number of phenols is 1. The van der Waals surface area contributed by atoms with E-state index in [2.05, 4.69) is 5.32 Å². The zero-order chi connectivity index (χ0) is 21.1. The molecule has 0 aromatic heterocycles. The van der Waals surface area contributed by atoms with E-state index in [1.54, 1.807) is 24.3 Å². The summed E-state index contributed by atoms with van der Waals surface area (Å²) in [5.74, 6) is -1.31. The molecule has 1 aliphatic rings. The number of rotatable bonds is 7. The Hall–Kier alpha value is -3.54. The van der Waals surface area contributed by atoms with Gasteiger partial charge in [-0.1, -0.05) is 54.6 Å². The molecule has 3 aromatic rings. The number of hydrogen-bond acceptors (Lipinski definition) is 4. The largest absolute Gasteiger partial charge is 0.507 e. The molecule has 1 amide bonds. The molecule has 0 bridgehead atoms. The van der Waals surface area contributed by atoms with Crippen LogP contribution in [-0.2, 0) is 11.2 Å². The van der Waals surface area contributed by atoms with Crippen molar-refractivity contribution in [2.45, 2.75) is 31.2 Å². The van der Waals surface area contributed by atoms with Gasteiger partial charge in [-0.3, -0.25) is 4.79 Å². The number of carbonyl (C=O) groups is 2. The minimum Gasteiger partial charge on any atom is -0.507 e. The molecule has 4 rings (SSSR count). The Labute approximate surface area is 174 Å². The molecular weight excluding hydrogens is 382 g/mol. The summed E-state index contributed by atoms with van der Waals surface area (Å²) < 4.78 is 6.04. The summed E-state index contributed by atoms with van der Waals surface area (Å²) in [4.78, 5) is 24.7. The van der Waals surface area contributed by atoms with Gasteiger partial charge in [-0.2, -0.15) is 0 Å². The Kier molecular flexibility index (Phi) is 5.31. The quantitative estimate of drug-likeness (QED) is 0.554. The Morgan fingerprint density at radius 2 is 1.67 bits per heavy atom. The Morgan fingerprint density at radius 3 is 2.30 bits per heavy atom. The van der Waals surface area contributed by atoms with Crippen LogP contribution >= 0.6 is 0 Å². The fourth-order valence-electron chi connectivity index (χ4n) is 3.78. The van der Waals surface area contributed by atoms with Crippen molar-refractivity contribution in [3.8, 4) is 11.5 Å². The molecule has 6 nitrogen and oxygen atoms in total. The van der Waals surface area contributed by atoms with Crippen molar-refractivity contribution in [1.29, 1.82) is 0 Å². The highest BCUT2D eigenvalue weighted by Crippen LogP contribution is 2.38. The maximum atomic E-state index is 13.0. The molecule has 0 heterocycles. The van der Waals surface area contributed by atoms with Crippen LogP contribution in [-0.4, -0.2) is 34.2 Å². The molecule has 0 atom stereocenters. The van der Waals surface area contributed by atoms with Crippen LogP contribution in [0.1, 0.15) is 35.2 Å². The molecular formula is C24H23NO5. The summed E-state index contributed by atoms with van der Waals surface area (Å²) >= 11 is 0. The number of amides is 1. The average molecular weight is 405 g/mol. The first-order chi connectivity index (χ1) is 14.5. The van der Waals surface area contributed by atoms with Crippen LogP contribution in [0.3, 0.4) is 0 Å². The van der Waals surface area contributed by atoms with E-state index in [9.17, 15) is 19.8 Å². The van der Waals surface area contributed by atoms with Crippen molar-refractivity contribution < 1.29 is 24.5 Å². The van der Waals surface area contributed by atoms with Crippen LogP contribution in [0.2, 0.25) is 0 Å². The fraction of sp³-hybridized carbons (Fsp3) is 0.250. The molecule has 0 unspecified atom stereocenters. The van der Waals surface area contributed by atoms with Crippen molar-refractivity contribution in [3.63, 3.8) is 0 Å². The van der Waals surface area contributed by atoms with E-state index in [0.29, 0.717) is 42.4 Å². The minimum atomic E-state index is -1.25. The van der Waals surface area contributed by atoms with Crippen molar-refractivity contribution in [2.75, 3.05) is 6.61 Å². The molecule has 0 aliphatic heterocycles. The van der Waals surface area contributed by atoms with E-state index in [4.69, 9.17) is 4.74 Å². The topological polar surface area (TPSA) is 95.9 Å². The summed E-state index contributed by atoms with van der Waals surface area (Å²) in [7, 11) is 0. The Bertz CT molecular complexity index is 1090. The highest BCUT2D eigenvalue weighted by Gasteiger charge is 2.46. The first-order valence-corrected chi connectivity index (χ1v) is 9.97. The van der Waals surface area contributed by atoms with Crippen LogP contribution in [0.4, 0.5) is 0 Å². The number of aromatic hydroxyl groups is 1. The van der Waals surface area contributed by atoms with Gasteiger partial charge in [0.2, 0.25) is 0 Å². The van der Waals surface area contributed by atoms with Crippen LogP contribution in [0.5, 0.6) is 11.5 Å². The molecule has 0 spiro atoms. The van der Waals surface area contributed by atoms with E-state index >= 15 is 0 Å². The molecule has 3 aromatic carbocycles. The average Bonchev–Trinajstić information content (AvgIpc) is 2.72. The summed E-state index contributed by atoms with van der Waals surface area (Å²) in [5.41, 5.74) is -0.0164. The molecule has 1 fully saturated rings. The Balaban J connectivity index is 1.66. The standard InChI is InChI=1S/C24H23NO5/c26-20-15-19(22(27)25-24(23(28)29)12-6-13-24)21(18-10-5-4-9-17(18)20)30-14-11-16-7-2-1-3-8-16/h1-5,7-10,15,26H,6,11-14H2,(H,25,27)(H,28,29). The third-order valence-electron chi connectivity index (χ3n) is 5.67. The zero-order valence-electron chi connectivity index (χ0n) is 16.4. The number of fused-ring (bicyclic) bond motifs is 1. The lowest BCUT2D eigenvalue weighted by atomic mass is 9.76. The maximum absolute atomic E-state index is 13.0. The predicted octanol–water partition coefficient (Wildman–Crippen LogP) is 3.90. The molecule has 30 heavy (non-hydrogen) atoms. The summed E-state index contributed by atoms with van der Waals surface area (Å²) in [6.07, 6.45) is 2.17. The van der Waals surface area contributed by atoms with E-state index < -0.39 is 17.4 Å². The zero-order valence-corrected chi connectivity index (χ0v) is 16.4. The third-order valence-corrected chi connectivity index (χ3v) is 5.67. The van der Waals surface area contributed by atoms with Crippen LogP contribution in [0, 0.1) is 0 Å². The van der Waals surface area contributed by atoms with Crippen LogP contribution in [0.25, 0.3) is 10.8 Å². The van der Waals surface area contributed by atoms with Crippen LogP contribution < -0.4 is 10.1 Å². The van der Waals surface area contributed by atoms with E-state index in [0.717, 1.165) is 12.0 Å². The molecule has 1 saturated carbocycles. The lowest BCUT2D eigenvalue weighted by molar-refractivity contribution is -0.148. The van der Waals surface area contributed by atoms with Crippen molar-refractivity contribution in [2.24, 2.45) is 0 Å². The number of carboxylic acid groups (broad SMARTS) is 1. The minimum absolute atomic E-state index is 0.0517. The molecule has 0 saturated heterocycles. The first-order valence-electron chi connectivity index (χ1n) is 9.97. The lowest BCUT2D eigenvalue weighted by Crippen LogP contribution is -2.59. The predicted molar refractivity (Wildman–Crippen MR) is 113 cm³/mol. The van der Waals surface area contributed by atoms with Gasteiger partial charge >= 0.3 is 5.97 Å². The molecule has 3 N–H and O–H groups in total. The number of phenolic OH excluding ortho intramolecular Hbond substituents is 1. The van der Waals surface area contributed by atoms with Crippen LogP contribution in [0.15, 0.2) is 60.7 Å². The normalized spacial score (nSPS) is 14.7. The van der Waals surface area contributed by atoms with E-state index in [1.807, 2.05) is 30.3 Å². The van der Waals surface area contributed by atoms with Gasteiger partial charge in [0.25, 0.3) is 5.91 Å². The van der Waals surface area contributed by atoms with E-state index in [-0.39, 0.29) is 11.3 Å². The molecule has 1 aliphatic carbocycles. The van der Waals surface area contributed by atoms with Gasteiger partial charge in [0.15, 0.2) is 0 Å². The van der Waals surface area contributed by atoms with Gasteiger partial charge in [0.1, 0.15) is 17.0 Å². The van der Waals surface area contributed by atoms with Gasteiger partial charge < -0.3 is 20.3 Å². The number of nitrogens with one attached hydrogen (secondary N) is 1. The Morgan fingerprint density at radius 1 is 1.00 bits per heavy atom. The fourth-order valence-corrected chi connectivity index (χ4v) is 3.78. The first kappa shape index (κ1) is 19.8. The van der Waals surface area contributed by atoms with Gasteiger partial charge in [-0.05, 0) is 30.9 Å². The highest BCUT2D eigenvalue weighted by atomic mass is 16.5. The molecule has 6 heteroatoms. The smallest absolute Gasteiger partial charge is 0.329 e. The summed E-state index contributed by atoms with van der Waals surface area (Å²) in [6.45, 7) is 0.336. The summed E-state index contributed by atoms with van der Waals surface area (Å²) in [6, 6.07) is 18.3. The molecule has 154 valence electrons. The lowest BCUT2D eigenvalue weighted by Gasteiger charge is -2.38. The molecule has 0 radical (unpaired) electrons. The maximum Gasteiger partial charge on any atom is 0.329 e. The second-order valence-corrected chi connectivity index (χ2v) is 7.60. The SMILES string of the molecule is O=C(NC1(C(=O)O)CCC1)c1cc(O)c2ccccc2c1OCCc1ccccc1. The second kappa shape index (κ2) is 8.06. The summed E-state index contributed by atoms with van der Waals surface area (Å²) in [5, 5.41) is 23.8. The monoisotopic (exact) mass is 405 g/mol. The van der Waals surface area contributed by atoms with E-state index in [1.165, 1.54) is 6.07 Å². The number of benzene rings is 3. The number of carbonyl (C=O) groups excluding carboxylic acids is 1. The number of carboxylic acids is 1. The number of ether oxygens (including phenoxy) is 1. The number of aliphatic carboxylic acids is 1. The highest BCUT2D eigenvalue weighted by molar-refractivity contribution is 6.07. The second-order valence-electron chi connectivity index (χ2n) is 7.60. The van der Waals surface area contributed by atoms with Gasteiger partial charge in [-0.15, -0.1) is 0 Å². The van der Waals surface area contributed by atoms with Crippen molar-refractivity contribution >= 4 is 22.6 Å². The van der Waals surface area contributed by atoms with Gasteiger partial charge in [0, 0.05) is 17.2 Å². The number of hydrogen-bond donors (Lipinski definition) is 3. The third kappa shape index (κ3) is 3.68. The van der Waals surface area contributed by atoms with Crippen molar-refractivity contribution in [1.82, 2.24) is 5.32 Å². The van der Waals surface area contributed by atoms with Crippen molar-refractivity contribution in [3.05, 3.63) is 71.8 Å². The van der Waals surface area contributed by atoms with Gasteiger partial charge in [-0.25, -0.2) is 4.79 Å². The van der Waals surface area contributed by atoms with Gasteiger partial charge in [0.05, 0.1) is 12.2 Å².